The number of rotatable bonds is 5. The van der Waals surface area contributed by atoms with Crippen molar-refractivity contribution < 1.29 is 4.92 Å². The molecule has 2 rings (SSSR count). The zero-order valence-corrected chi connectivity index (χ0v) is 12.0. The number of nitrogens with zero attached hydrogens (tertiary/aromatic N) is 4. The molecule has 20 heavy (non-hydrogen) atoms. The predicted molar refractivity (Wildman–Crippen MR) is 79.4 cm³/mol. The average Bonchev–Trinajstić information content (AvgIpc) is 2.47. The third kappa shape index (κ3) is 3.36. The van der Waals surface area contributed by atoms with Crippen molar-refractivity contribution in [2.24, 2.45) is 0 Å². The molecule has 1 N–H and O–H groups in total. The van der Waals surface area contributed by atoms with E-state index in [0.717, 1.165) is 39.1 Å². The van der Waals surface area contributed by atoms with Crippen LogP contribution in [0.3, 0.4) is 0 Å². The maximum Gasteiger partial charge on any atom is 0.276 e. The van der Waals surface area contributed by atoms with E-state index in [1.54, 1.807) is 13.1 Å². The Hall–Kier alpha value is -1.89. The smallest absolute Gasteiger partial charge is 0.276 e. The van der Waals surface area contributed by atoms with Crippen LogP contribution in [0.15, 0.2) is 12.1 Å². The highest BCUT2D eigenvalue weighted by molar-refractivity contribution is 5.55. The van der Waals surface area contributed by atoms with Gasteiger partial charge in [0.15, 0.2) is 0 Å². The summed E-state index contributed by atoms with van der Waals surface area (Å²) >= 11 is 0. The normalized spacial score (nSPS) is 16.2. The lowest BCUT2D eigenvalue weighted by atomic mass is 10.2. The van der Waals surface area contributed by atoms with Crippen molar-refractivity contribution in [1.29, 1.82) is 0 Å². The second kappa shape index (κ2) is 6.51. The summed E-state index contributed by atoms with van der Waals surface area (Å²) < 4.78 is 0. The number of anilines is 2. The highest BCUT2D eigenvalue weighted by Gasteiger charge is 2.20. The zero-order chi connectivity index (χ0) is 14.5. The van der Waals surface area contributed by atoms with Crippen LogP contribution in [-0.4, -0.2) is 54.6 Å². The molecule has 0 atom stereocenters. The first kappa shape index (κ1) is 14.5. The molecule has 0 saturated carbocycles. The number of nitro groups is 1. The third-order valence-corrected chi connectivity index (χ3v) is 3.50. The fraction of sp³-hybridized carbons (Fsp3) is 0.615. The fourth-order valence-corrected chi connectivity index (χ4v) is 2.41. The van der Waals surface area contributed by atoms with Crippen molar-refractivity contribution in [3.8, 4) is 0 Å². The molecular formula is C13H21N5O2. The molecule has 7 nitrogen and oxygen atoms in total. The van der Waals surface area contributed by atoms with Crippen LogP contribution in [0.1, 0.15) is 13.3 Å². The second-order valence-electron chi connectivity index (χ2n) is 4.90. The molecule has 1 aromatic rings. The quantitative estimate of drug-likeness (QED) is 0.651. The molecule has 1 aromatic heterocycles. The number of hydrogen-bond acceptors (Lipinski definition) is 6. The molecule has 1 saturated heterocycles. The van der Waals surface area contributed by atoms with Gasteiger partial charge in [0.25, 0.3) is 5.69 Å². The molecule has 0 bridgehead atoms. The van der Waals surface area contributed by atoms with Crippen LogP contribution < -0.4 is 10.2 Å². The maximum atomic E-state index is 11.0. The second-order valence-corrected chi connectivity index (χ2v) is 4.90. The van der Waals surface area contributed by atoms with Gasteiger partial charge in [-0.2, -0.15) is 0 Å². The van der Waals surface area contributed by atoms with Crippen LogP contribution in [0.2, 0.25) is 0 Å². The molecule has 0 spiro atoms. The Morgan fingerprint density at radius 3 is 2.60 bits per heavy atom. The van der Waals surface area contributed by atoms with Gasteiger partial charge in [0.1, 0.15) is 11.6 Å². The van der Waals surface area contributed by atoms with Gasteiger partial charge in [0, 0.05) is 33.2 Å². The average molecular weight is 279 g/mol. The van der Waals surface area contributed by atoms with E-state index < -0.39 is 0 Å². The van der Waals surface area contributed by atoms with Crippen molar-refractivity contribution in [3.63, 3.8) is 0 Å². The summed E-state index contributed by atoms with van der Waals surface area (Å²) in [7, 11) is 1.72. The van der Waals surface area contributed by atoms with E-state index in [9.17, 15) is 10.1 Å². The van der Waals surface area contributed by atoms with Crippen LogP contribution in [0.4, 0.5) is 17.3 Å². The summed E-state index contributed by atoms with van der Waals surface area (Å²) in [4.78, 5) is 19.5. The Labute approximate surface area is 118 Å². The van der Waals surface area contributed by atoms with Crippen molar-refractivity contribution in [2.75, 3.05) is 50.0 Å². The molecule has 0 aromatic carbocycles. The van der Waals surface area contributed by atoms with Gasteiger partial charge in [0.2, 0.25) is 0 Å². The summed E-state index contributed by atoms with van der Waals surface area (Å²) in [5.74, 6) is 1.21. The minimum Gasteiger partial charge on any atom is -0.373 e. The van der Waals surface area contributed by atoms with E-state index in [1.807, 2.05) is 0 Å². The fourth-order valence-electron chi connectivity index (χ4n) is 2.41. The maximum absolute atomic E-state index is 11.0. The van der Waals surface area contributed by atoms with Gasteiger partial charge in [-0.25, -0.2) is 4.98 Å². The predicted octanol–water partition coefficient (Wildman–Crippen LogP) is 1.56. The van der Waals surface area contributed by atoms with Gasteiger partial charge in [0.05, 0.1) is 17.1 Å². The highest BCUT2D eigenvalue weighted by Crippen LogP contribution is 2.24. The minimum absolute atomic E-state index is 0.0790. The Morgan fingerprint density at radius 1 is 1.35 bits per heavy atom. The Morgan fingerprint density at radius 2 is 2.05 bits per heavy atom. The molecule has 1 fully saturated rings. The molecule has 0 unspecified atom stereocenters. The van der Waals surface area contributed by atoms with Crippen LogP contribution in [-0.2, 0) is 0 Å². The van der Waals surface area contributed by atoms with Crippen LogP contribution in [0, 0.1) is 10.1 Å². The Kier molecular flexibility index (Phi) is 4.73. The largest absolute Gasteiger partial charge is 0.373 e. The zero-order valence-electron chi connectivity index (χ0n) is 12.0. The van der Waals surface area contributed by atoms with Crippen molar-refractivity contribution >= 4 is 17.3 Å². The number of nitrogens with one attached hydrogen (secondary N) is 1. The first-order valence-corrected chi connectivity index (χ1v) is 6.95. The monoisotopic (exact) mass is 279 g/mol. The van der Waals surface area contributed by atoms with E-state index in [4.69, 9.17) is 0 Å². The van der Waals surface area contributed by atoms with Crippen molar-refractivity contribution in [2.45, 2.75) is 13.3 Å². The molecular weight excluding hydrogens is 258 g/mol. The van der Waals surface area contributed by atoms with Crippen molar-refractivity contribution in [1.82, 2.24) is 9.88 Å². The SMILES string of the molecule is CCCN1CCN(c2cc([N+](=O)[O-])cc(NC)n2)CC1. The minimum atomic E-state index is -0.376. The Bertz CT molecular complexity index is 472. The molecule has 2 heterocycles. The van der Waals surface area contributed by atoms with E-state index in [2.05, 4.69) is 27.0 Å². The Balaban J connectivity index is 2.12. The summed E-state index contributed by atoms with van der Waals surface area (Å²) in [5, 5.41) is 13.8. The molecule has 1 aliphatic rings. The van der Waals surface area contributed by atoms with E-state index in [-0.39, 0.29) is 10.6 Å². The van der Waals surface area contributed by atoms with Crippen LogP contribution in [0.5, 0.6) is 0 Å². The highest BCUT2D eigenvalue weighted by atomic mass is 16.6. The van der Waals surface area contributed by atoms with Gasteiger partial charge in [-0.05, 0) is 13.0 Å². The molecule has 110 valence electrons. The number of pyridine rings is 1. The van der Waals surface area contributed by atoms with Gasteiger partial charge >= 0.3 is 0 Å². The first-order valence-electron chi connectivity index (χ1n) is 6.95. The van der Waals surface area contributed by atoms with Gasteiger partial charge in [-0.3, -0.25) is 15.0 Å². The standard InChI is InChI=1S/C13H21N5O2/c1-3-4-16-5-7-17(8-6-16)13-10-11(18(19)20)9-12(14-2)15-13/h9-10H,3-8H2,1-2H3,(H,14,15). The lowest BCUT2D eigenvalue weighted by Gasteiger charge is -2.35. The van der Waals surface area contributed by atoms with Crippen LogP contribution >= 0.6 is 0 Å². The number of hydrogen-bond donors (Lipinski definition) is 1. The lowest BCUT2D eigenvalue weighted by molar-refractivity contribution is -0.384. The topological polar surface area (TPSA) is 74.5 Å². The van der Waals surface area contributed by atoms with E-state index in [1.165, 1.54) is 6.07 Å². The number of piperazine rings is 1. The molecule has 1 aliphatic heterocycles. The first-order chi connectivity index (χ1) is 9.63. The van der Waals surface area contributed by atoms with Crippen molar-refractivity contribution in [3.05, 3.63) is 22.2 Å². The molecule has 0 radical (unpaired) electrons. The van der Waals surface area contributed by atoms with E-state index in [0.29, 0.717) is 11.6 Å². The molecule has 0 amide bonds. The molecule has 7 heteroatoms. The molecule has 0 aliphatic carbocycles. The van der Waals surface area contributed by atoms with Crippen LogP contribution in [0.25, 0.3) is 0 Å². The third-order valence-electron chi connectivity index (χ3n) is 3.50. The number of aromatic nitrogens is 1. The lowest BCUT2D eigenvalue weighted by Crippen LogP contribution is -2.46. The van der Waals surface area contributed by atoms with E-state index >= 15 is 0 Å². The summed E-state index contributed by atoms with van der Waals surface area (Å²) in [6.07, 6.45) is 1.15. The summed E-state index contributed by atoms with van der Waals surface area (Å²) in [6.45, 7) is 6.96. The van der Waals surface area contributed by atoms with Gasteiger partial charge in [-0.15, -0.1) is 0 Å². The van der Waals surface area contributed by atoms with Gasteiger partial charge < -0.3 is 10.2 Å². The van der Waals surface area contributed by atoms with Gasteiger partial charge in [-0.1, -0.05) is 6.92 Å². The summed E-state index contributed by atoms with van der Waals surface area (Å²) in [5.41, 5.74) is 0.0790. The summed E-state index contributed by atoms with van der Waals surface area (Å²) in [6, 6.07) is 3.01.